The molecule has 0 aromatic carbocycles. The van der Waals surface area contributed by atoms with Crippen molar-refractivity contribution in [2.45, 2.75) is 19.9 Å². The van der Waals surface area contributed by atoms with Crippen molar-refractivity contribution in [3.8, 4) is 0 Å². The molecule has 2 N–H and O–H groups in total. The minimum absolute atomic E-state index is 0.0543. The Morgan fingerprint density at radius 2 is 2.21 bits per heavy atom. The van der Waals surface area contributed by atoms with Crippen LogP contribution in [-0.4, -0.2) is 16.1 Å². The van der Waals surface area contributed by atoms with E-state index in [1.165, 1.54) is 11.1 Å². The molecule has 0 aliphatic rings. The number of carboxylic acid groups (broad SMARTS) is 1. The number of nitrogens with one attached hydrogen (secondary N) is 1. The lowest BCUT2D eigenvalue weighted by Crippen LogP contribution is -2.16. The van der Waals surface area contributed by atoms with Crippen molar-refractivity contribution in [2.24, 2.45) is 5.92 Å². The van der Waals surface area contributed by atoms with Crippen molar-refractivity contribution in [2.75, 3.05) is 5.32 Å². The van der Waals surface area contributed by atoms with Gasteiger partial charge in [0.2, 0.25) is 0 Å². The van der Waals surface area contributed by atoms with E-state index in [0.29, 0.717) is 5.92 Å². The van der Waals surface area contributed by atoms with Crippen LogP contribution in [0.1, 0.15) is 35.3 Å². The van der Waals surface area contributed by atoms with Crippen molar-refractivity contribution < 1.29 is 9.90 Å². The SMILES string of the molecule is CC(C)C(Nc1ccnc(C(=O)O)c1)c1cccs1. The zero-order valence-electron chi connectivity index (χ0n) is 10.8. The fraction of sp³-hybridized carbons (Fsp3) is 0.286. The van der Waals surface area contributed by atoms with E-state index < -0.39 is 5.97 Å². The molecule has 1 unspecified atom stereocenters. The number of thiophene rings is 1. The number of anilines is 1. The number of pyridine rings is 1. The Balaban J connectivity index is 2.22. The molecular formula is C14H16N2O2S. The molecule has 2 aromatic heterocycles. The summed E-state index contributed by atoms with van der Waals surface area (Å²) in [6, 6.07) is 7.62. The molecule has 1 atom stereocenters. The van der Waals surface area contributed by atoms with Gasteiger partial charge in [0, 0.05) is 16.8 Å². The van der Waals surface area contributed by atoms with Gasteiger partial charge in [0.1, 0.15) is 5.69 Å². The van der Waals surface area contributed by atoms with Crippen LogP contribution in [0.15, 0.2) is 35.8 Å². The van der Waals surface area contributed by atoms with Crippen LogP contribution in [0.4, 0.5) is 5.69 Å². The molecular weight excluding hydrogens is 260 g/mol. The van der Waals surface area contributed by atoms with Gasteiger partial charge in [-0.3, -0.25) is 0 Å². The van der Waals surface area contributed by atoms with Crippen molar-refractivity contribution in [3.63, 3.8) is 0 Å². The first-order chi connectivity index (χ1) is 9.08. The zero-order chi connectivity index (χ0) is 13.8. The Morgan fingerprint density at radius 3 is 2.79 bits per heavy atom. The lowest BCUT2D eigenvalue weighted by atomic mass is 10.0. The second-order valence-electron chi connectivity index (χ2n) is 4.62. The first kappa shape index (κ1) is 13.5. The van der Waals surface area contributed by atoms with Gasteiger partial charge in [0.05, 0.1) is 6.04 Å². The number of aromatic nitrogens is 1. The molecule has 0 amide bonds. The summed E-state index contributed by atoms with van der Waals surface area (Å²) in [4.78, 5) is 16.0. The average molecular weight is 276 g/mol. The Labute approximate surface area is 116 Å². The van der Waals surface area contributed by atoms with E-state index in [1.54, 1.807) is 23.5 Å². The molecule has 5 heteroatoms. The number of carboxylic acids is 1. The van der Waals surface area contributed by atoms with Gasteiger partial charge in [0.25, 0.3) is 0 Å². The average Bonchev–Trinajstić information content (AvgIpc) is 2.89. The molecule has 2 heterocycles. The molecule has 2 aromatic rings. The van der Waals surface area contributed by atoms with Crippen molar-refractivity contribution in [1.29, 1.82) is 0 Å². The number of hydrogen-bond acceptors (Lipinski definition) is 4. The van der Waals surface area contributed by atoms with Crippen molar-refractivity contribution in [1.82, 2.24) is 4.98 Å². The van der Waals surface area contributed by atoms with Crippen LogP contribution in [0.3, 0.4) is 0 Å². The van der Waals surface area contributed by atoms with Gasteiger partial charge in [-0.1, -0.05) is 19.9 Å². The predicted octanol–water partition coefficient (Wildman–Crippen LogP) is 3.65. The highest BCUT2D eigenvalue weighted by atomic mass is 32.1. The molecule has 0 aliphatic heterocycles. The highest BCUT2D eigenvalue weighted by molar-refractivity contribution is 7.10. The van der Waals surface area contributed by atoms with Gasteiger partial charge in [-0.05, 0) is 29.5 Å². The summed E-state index contributed by atoms with van der Waals surface area (Å²) in [5.41, 5.74) is 0.832. The van der Waals surface area contributed by atoms with Crippen LogP contribution < -0.4 is 5.32 Å². The van der Waals surface area contributed by atoms with E-state index >= 15 is 0 Å². The number of hydrogen-bond donors (Lipinski definition) is 2. The molecule has 0 radical (unpaired) electrons. The molecule has 0 aliphatic carbocycles. The van der Waals surface area contributed by atoms with Gasteiger partial charge in [-0.15, -0.1) is 11.3 Å². The lowest BCUT2D eigenvalue weighted by Gasteiger charge is -2.22. The summed E-state index contributed by atoms with van der Waals surface area (Å²) in [5.74, 6) is -0.610. The topological polar surface area (TPSA) is 62.2 Å². The second-order valence-corrected chi connectivity index (χ2v) is 5.60. The molecule has 100 valence electrons. The molecule has 0 saturated carbocycles. The van der Waals surface area contributed by atoms with Crippen molar-refractivity contribution >= 4 is 23.0 Å². The number of nitrogens with zero attached hydrogens (tertiary/aromatic N) is 1. The standard InChI is InChI=1S/C14H16N2O2S/c1-9(2)13(12-4-3-7-19-12)16-10-5-6-15-11(8-10)14(17)18/h3-9,13H,1-2H3,(H,15,16)(H,17,18). The largest absolute Gasteiger partial charge is 0.477 e. The number of carbonyl (C=O) groups is 1. The zero-order valence-corrected chi connectivity index (χ0v) is 11.6. The summed E-state index contributed by atoms with van der Waals surface area (Å²) in [6.45, 7) is 4.27. The van der Waals surface area contributed by atoms with Crippen molar-refractivity contribution in [3.05, 3.63) is 46.4 Å². The van der Waals surface area contributed by atoms with E-state index in [-0.39, 0.29) is 11.7 Å². The van der Waals surface area contributed by atoms with Crippen LogP contribution in [0, 0.1) is 5.92 Å². The summed E-state index contributed by atoms with van der Waals surface area (Å²) < 4.78 is 0. The number of aromatic carboxylic acids is 1. The van der Waals surface area contributed by atoms with E-state index in [2.05, 4.69) is 30.2 Å². The van der Waals surface area contributed by atoms with Gasteiger partial charge in [-0.25, -0.2) is 9.78 Å². The van der Waals surface area contributed by atoms with E-state index in [9.17, 15) is 4.79 Å². The Hall–Kier alpha value is -1.88. The maximum Gasteiger partial charge on any atom is 0.354 e. The Bertz CT molecular complexity index is 552. The molecule has 2 rings (SSSR count). The van der Waals surface area contributed by atoms with Crippen LogP contribution in [0.2, 0.25) is 0 Å². The Kier molecular flexibility index (Phi) is 4.16. The summed E-state index contributed by atoms with van der Waals surface area (Å²) in [6.07, 6.45) is 1.51. The maximum atomic E-state index is 10.9. The predicted molar refractivity (Wildman–Crippen MR) is 76.7 cm³/mol. The first-order valence-electron chi connectivity index (χ1n) is 6.07. The molecule has 0 bridgehead atoms. The Morgan fingerprint density at radius 1 is 1.42 bits per heavy atom. The minimum atomic E-state index is -1.01. The molecule has 0 saturated heterocycles. The minimum Gasteiger partial charge on any atom is -0.477 e. The fourth-order valence-corrected chi connectivity index (χ4v) is 2.80. The summed E-state index contributed by atoms with van der Waals surface area (Å²) in [7, 11) is 0. The third-order valence-corrected chi connectivity index (χ3v) is 3.77. The highest BCUT2D eigenvalue weighted by Crippen LogP contribution is 2.29. The summed E-state index contributed by atoms with van der Waals surface area (Å²) >= 11 is 1.69. The van der Waals surface area contributed by atoms with Crippen LogP contribution in [-0.2, 0) is 0 Å². The molecule has 4 nitrogen and oxygen atoms in total. The molecule has 19 heavy (non-hydrogen) atoms. The highest BCUT2D eigenvalue weighted by Gasteiger charge is 2.17. The normalized spacial score (nSPS) is 12.4. The first-order valence-corrected chi connectivity index (χ1v) is 6.95. The number of rotatable bonds is 5. The molecule has 0 fully saturated rings. The monoisotopic (exact) mass is 276 g/mol. The van der Waals surface area contributed by atoms with E-state index in [4.69, 9.17) is 5.11 Å². The van der Waals surface area contributed by atoms with Crippen LogP contribution >= 0.6 is 11.3 Å². The van der Waals surface area contributed by atoms with Gasteiger partial charge >= 0.3 is 5.97 Å². The lowest BCUT2D eigenvalue weighted by molar-refractivity contribution is 0.0690. The molecule has 0 spiro atoms. The smallest absolute Gasteiger partial charge is 0.354 e. The quantitative estimate of drug-likeness (QED) is 0.875. The van der Waals surface area contributed by atoms with Crippen LogP contribution in [0.25, 0.3) is 0 Å². The fourth-order valence-electron chi connectivity index (χ4n) is 1.85. The van der Waals surface area contributed by atoms with Gasteiger partial charge in [-0.2, -0.15) is 0 Å². The third-order valence-electron chi connectivity index (χ3n) is 2.82. The maximum absolute atomic E-state index is 10.9. The van der Waals surface area contributed by atoms with Crippen LogP contribution in [0.5, 0.6) is 0 Å². The second kappa shape index (κ2) is 5.84. The van der Waals surface area contributed by atoms with E-state index in [0.717, 1.165) is 5.69 Å². The third kappa shape index (κ3) is 3.32. The summed E-state index contributed by atoms with van der Waals surface area (Å²) in [5, 5.41) is 14.4. The van der Waals surface area contributed by atoms with Gasteiger partial charge in [0.15, 0.2) is 0 Å². The van der Waals surface area contributed by atoms with Gasteiger partial charge < -0.3 is 10.4 Å². The van der Waals surface area contributed by atoms with E-state index in [1.807, 2.05) is 11.4 Å².